The van der Waals surface area contributed by atoms with Crippen molar-refractivity contribution >= 4 is 17.8 Å². The molecule has 2 N–H and O–H groups in total. The van der Waals surface area contributed by atoms with Gasteiger partial charge >= 0.3 is 5.97 Å². The highest BCUT2D eigenvalue weighted by molar-refractivity contribution is 5.89. The number of amides is 2. The Morgan fingerprint density at radius 2 is 2.00 bits per heavy atom. The number of nitrogens with zero attached hydrogens (tertiary/aromatic N) is 2. The number of nitrogens with one attached hydrogen (secondary N) is 1. The molecule has 146 valence electrons. The maximum absolute atomic E-state index is 12.4. The van der Waals surface area contributed by atoms with Gasteiger partial charge in [0, 0.05) is 32.1 Å². The Labute approximate surface area is 159 Å². The number of carboxylic acids is 1. The van der Waals surface area contributed by atoms with Crippen LogP contribution < -0.4 is 5.32 Å². The van der Waals surface area contributed by atoms with E-state index >= 15 is 0 Å². The van der Waals surface area contributed by atoms with Crippen molar-refractivity contribution in [3.05, 3.63) is 35.4 Å². The average molecular weight is 373 g/mol. The molecule has 27 heavy (non-hydrogen) atoms. The van der Waals surface area contributed by atoms with Gasteiger partial charge in [0.05, 0.1) is 11.5 Å². The zero-order valence-electron chi connectivity index (χ0n) is 15.7. The fourth-order valence-corrected chi connectivity index (χ4v) is 4.00. The second-order valence-electron chi connectivity index (χ2n) is 7.34. The van der Waals surface area contributed by atoms with Crippen LogP contribution >= 0.6 is 0 Å². The highest BCUT2D eigenvalue weighted by atomic mass is 16.4. The molecule has 2 atom stereocenters. The van der Waals surface area contributed by atoms with E-state index in [0.29, 0.717) is 25.7 Å². The molecule has 0 aliphatic carbocycles. The molecule has 2 heterocycles. The van der Waals surface area contributed by atoms with Crippen molar-refractivity contribution in [1.29, 1.82) is 0 Å². The number of carbonyl (C=O) groups excluding carboxylic acids is 2. The molecular formula is C20H27N3O4. The Hall–Kier alpha value is -2.41. The fourth-order valence-electron chi connectivity index (χ4n) is 4.00. The number of carboxylic acid groups (broad SMARTS) is 1. The molecule has 0 spiro atoms. The van der Waals surface area contributed by atoms with Gasteiger partial charge in [-0.05, 0) is 43.6 Å². The summed E-state index contributed by atoms with van der Waals surface area (Å²) in [5.74, 6) is -1.35. The predicted molar refractivity (Wildman–Crippen MR) is 100 cm³/mol. The number of hydrogen-bond acceptors (Lipinski definition) is 4. The predicted octanol–water partition coefficient (Wildman–Crippen LogP) is 1.33. The van der Waals surface area contributed by atoms with Crippen LogP contribution in [0, 0.1) is 5.92 Å². The molecule has 2 aliphatic rings. The van der Waals surface area contributed by atoms with Crippen molar-refractivity contribution in [2.24, 2.45) is 5.92 Å². The maximum atomic E-state index is 12.4. The Kier molecular flexibility index (Phi) is 6.11. The van der Waals surface area contributed by atoms with Crippen LogP contribution in [0.15, 0.2) is 24.3 Å². The van der Waals surface area contributed by atoms with Gasteiger partial charge in [-0.3, -0.25) is 14.5 Å². The van der Waals surface area contributed by atoms with Crippen LogP contribution in [0.5, 0.6) is 0 Å². The fraction of sp³-hybridized carbons (Fsp3) is 0.550. The van der Waals surface area contributed by atoms with Crippen LogP contribution in [0.25, 0.3) is 0 Å². The van der Waals surface area contributed by atoms with Crippen LogP contribution in [0.2, 0.25) is 0 Å². The van der Waals surface area contributed by atoms with Crippen LogP contribution in [-0.4, -0.2) is 64.9 Å². The molecule has 7 nitrogen and oxygen atoms in total. The largest absolute Gasteiger partial charge is 0.478 e. The topological polar surface area (TPSA) is 89.9 Å². The molecule has 0 bridgehead atoms. The van der Waals surface area contributed by atoms with E-state index in [0.717, 1.165) is 25.1 Å². The molecule has 0 unspecified atom stereocenters. The molecule has 7 heteroatoms. The molecule has 2 saturated heterocycles. The number of likely N-dealkylation sites (tertiary alicyclic amines) is 2. The molecule has 2 amide bonds. The third-order valence-electron chi connectivity index (χ3n) is 5.59. The van der Waals surface area contributed by atoms with E-state index < -0.39 is 5.97 Å². The molecule has 0 saturated carbocycles. The average Bonchev–Trinajstić information content (AvgIpc) is 3.27. The smallest absolute Gasteiger partial charge is 0.335 e. The first kappa shape index (κ1) is 19.4. The zero-order valence-corrected chi connectivity index (χ0v) is 15.7. The van der Waals surface area contributed by atoms with Gasteiger partial charge in [0.15, 0.2) is 0 Å². The van der Waals surface area contributed by atoms with E-state index in [2.05, 4.69) is 17.1 Å². The normalized spacial score (nSPS) is 23.0. The van der Waals surface area contributed by atoms with Gasteiger partial charge in [-0.1, -0.05) is 19.1 Å². The summed E-state index contributed by atoms with van der Waals surface area (Å²) in [6.45, 7) is 5.76. The summed E-state index contributed by atoms with van der Waals surface area (Å²) >= 11 is 0. The van der Waals surface area contributed by atoms with Crippen molar-refractivity contribution < 1.29 is 19.5 Å². The van der Waals surface area contributed by atoms with Crippen molar-refractivity contribution in [3.63, 3.8) is 0 Å². The van der Waals surface area contributed by atoms with Crippen molar-refractivity contribution in [2.75, 3.05) is 26.2 Å². The summed E-state index contributed by atoms with van der Waals surface area (Å²) in [7, 11) is 0. The summed E-state index contributed by atoms with van der Waals surface area (Å²) in [6.07, 6.45) is 2.55. The molecule has 3 rings (SSSR count). The molecule has 1 aromatic carbocycles. The van der Waals surface area contributed by atoms with Gasteiger partial charge < -0.3 is 15.3 Å². The minimum atomic E-state index is -0.973. The van der Waals surface area contributed by atoms with Gasteiger partial charge in [-0.2, -0.15) is 0 Å². The lowest BCUT2D eigenvalue weighted by atomic mass is 10.1. The molecule has 0 radical (unpaired) electrons. The number of hydrogen-bond donors (Lipinski definition) is 2. The van der Waals surface area contributed by atoms with Crippen molar-refractivity contribution in [3.8, 4) is 0 Å². The van der Waals surface area contributed by atoms with E-state index in [9.17, 15) is 14.4 Å². The lowest BCUT2D eigenvalue weighted by Crippen LogP contribution is -2.41. The minimum absolute atomic E-state index is 0.0592. The van der Waals surface area contributed by atoms with E-state index in [-0.39, 0.29) is 29.7 Å². The highest BCUT2D eigenvalue weighted by Gasteiger charge is 2.36. The lowest BCUT2D eigenvalue weighted by molar-refractivity contribution is -0.129. The first-order chi connectivity index (χ1) is 13.0. The van der Waals surface area contributed by atoms with E-state index in [1.165, 1.54) is 18.6 Å². The minimum Gasteiger partial charge on any atom is -0.478 e. The first-order valence-corrected chi connectivity index (χ1v) is 9.59. The Balaban J connectivity index is 1.49. The Bertz CT molecular complexity index is 704. The van der Waals surface area contributed by atoms with Gasteiger partial charge in [0.1, 0.15) is 0 Å². The molecular weight excluding hydrogens is 346 g/mol. The zero-order chi connectivity index (χ0) is 19.4. The number of aromatic carboxylic acids is 1. The maximum Gasteiger partial charge on any atom is 0.335 e. The van der Waals surface area contributed by atoms with Crippen LogP contribution in [0.1, 0.15) is 42.1 Å². The number of carbonyl (C=O) groups is 3. The third-order valence-corrected chi connectivity index (χ3v) is 5.59. The summed E-state index contributed by atoms with van der Waals surface area (Å²) in [4.78, 5) is 39.9. The standard InChI is InChI=1S/C20H27N3O4/c1-2-22-9-3-4-17(22)13-23-12-16(10-18(23)24)19(25)21-11-14-5-7-15(8-6-14)20(26)27/h5-8,16-17H,2-4,9-13H2,1H3,(H,21,25)(H,26,27)/t16-,17-/m1/s1. The highest BCUT2D eigenvalue weighted by Crippen LogP contribution is 2.23. The SMILES string of the molecule is CCN1CCC[C@@H]1CN1C[C@H](C(=O)NCc2ccc(C(=O)O)cc2)CC1=O. The van der Waals surface area contributed by atoms with E-state index in [1.807, 2.05) is 4.90 Å². The number of benzene rings is 1. The van der Waals surface area contributed by atoms with Crippen molar-refractivity contribution in [1.82, 2.24) is 15.1 Å². The Morgan fingerprint density at radius 3 is 2.67 bits per heavy atom. The monoisotopic (exact) mass is 373 g/mol. The second kappa shape index (κ2) is 8.52. The van der Waals surface area contributed by atoms with Crippen LogP contribution in [-0.2, 0) is 16.1 Å². The molecule has 2 fully saturated rings. The summed E-state index contributed by atoms with van der Waals surface area (Å²) in [6, 6.07) is 6.83. The quantitative estimate of drug-likeness (QED) is 0.753. The van der Waals surface area contributed by atoms with Gasteiger partial charge in [0.2, 0.25) is 11.8 Å². The Morgan fingerprint density at radius 1 is 1.26 bits per heavy atom. The first-order valence-electron chi connectivity index (χ1n) is 9.59. The molecule has 1 aromatic rings. The summed E-state index contributed by atoms with van der Waals surface area (Å²) in [5.41, 5.74) is 1.05. The lowest BCUT2D eigenvalue weighted by Gasteiger charge is -2.27. The second-order valence-corrected chi connectivity index (χ2v) is 7.34. The van der Waals surface area contributed by atoms with Crippen LogP contribution in [0.4, 0.5) is 0 Å². The van der Waals surface area contributed by atoms with Gasteiger partial charge in [0.25, 0.3) is 0 Å². The van der Waals surface area contributed by atoms with Crippen molar-refractivity contribution in [2.45, 2.75) is 38.8 Å². The van der Waals surface area contributed by atoms with Crippen LogP contribution in [0.3, 0.4) is 0 Å². The van der Waals surface area contributed by atoms with Gasteiger partial charge in [-0.25, -0.2) is 4.79 Å². The third kappa shape index (κ3) is 4.66. The van der Waals surface area contributed by atoms with E-state index in [1.54, 1.807) is 12.1 Å². The summed E-state index contributed by atoms with van der Waals surface area (Å²) < 4.78 is 0. The van der Waals surface area contributed by atoms with Gasteiger partial charge in [-0.15, -0.1) is 0 Å². The number of rotatable bonds is 7. The summed E-state index contributed by atoms with van der Waals surface area (Å²) in [5, 5.41) is 11.8. The molecule has 2 aliphatic heterocycles. The number of likely N-dealkylation sites (N-methyl/N-ethyl adjacent to an activating group) is 1. The molecule has 0 aromatic heterocycles. The van der Waals surface area contributed by atoms with E-state index in [4.69, 9.17) is 5.11 Å².